The largest absolute Gasteiger partial charge is 0.351 e. The summed E-state index contributed by atoms with van der Waals surface area (Å²) in [5.41, 5.74) is 0.806. The third kappa shape index (κ3) is 2.67. The predicted molar refractivity (Wildman–Crippen MR) is 79.5 cm³/mol. The van der Waals surface area contributed by atoms with Crippen LogP contribution in [0.5, 0.6) is 0 Å². The van der Waals surface area contributed by atoms with Crippen LogP contribution < -0.4 is 10.2 Å². The number of pyridine rings is 1. The van der Waals surface area contributed by atoms with E-state index >= 15 is 0 Å². The van der Waals surface area contributed by atoms with Crippen LogP contribution in [-0.4, -0.2) is 11.3 Å². The van der Waals surface area contributed by atoms with Gasteiger partial charge in [0.2, 0.25) is 0 Å². The zero-order valence-electron chi connectivity index (χ0n) is 11.4. The van der Waals surface area contributed by atoms with Crippen LogP contribution in [0.2, 0.25) is 0 Å². The number of aromatic nitrogens is 1. The summed E-state index contributed by atoms with van der Waals surface area (Å²) in [6.45, 7) is 0. The lowest BCUT2D eigenvalue weighted by atomic mass is 10.2. The smallest absolute Gasteiger partial charge is 0.195 e. The molecule has 0 spiro atoms. The number of allylic oxidation sites excluding steroid dienone is 2. The maximum atomic E-state index is 14.0. The molecule has 1 aromatic carbocycles. The van der Waals surface area contributed by atoms with E-state index < -0.39 is 17.9 Å². The maximum absolute atomic E-state index is 14.0. The van der Waals surface area contributed by atoms with Crippen molar-refractivity contribution in [1.82, 2.24) is 4.98 Å². The molecule has 1 unspecified atom stereocenters. The minimum atomic E-state index is -1.35. The number of nitrogens with one attached hydrogen (secondary N) is 1. The van der Waals surface area contributed by atoms with Crippen LogP contribution in [0.1, 0.15) is 0 Å². The topological polar surface area (TPSA) is 28.2 Å². The minimum Gasteiger partial charge on any atom is -0.351 e. The SMILES string of the molecule is Fc1cccc(Nc2ccncc2N2C=CC=CC2F)c1F. The van der Waals surface area contributed by atoms with Gasteiger partial charge in [-0.05, 0) is 30.4 Å². The molecule has 1 atom stereocenters. The first-order valence-electron chi connectivity index (χ1n) is 6.59. The summed E-state index contributed by atoms with van der Waals surface area (Å²) in [5, 5.41) is 2.78. The molecule has 0 saturated carbocycles. The Hall–Kier alpha value is -2.76. The monoisotopic (exact) mass is 303 g/mol. The lowest BCUT2D eigenvalue weighted by Crippen LogP contribution is -2.27. The van der Waals surface area contributed by atoms with Gasteiger partial charge < -0.3 is 10.2 Å². The highest BCUT2D eigenvalue weighted by Crippen LogP contribution is 2.32. The molecule has 0 radical (unpaired) electrons. The summed E-state index contributed by atoms with van der Waals surface area (Å²) in [5.74, 6) is -1.94. The Kier molecular flexibility index (Phi) is 3.82. The Labute approximate surface area is 125 Å². The van der Waals surface area contributed by atoms with E-state index in [-0.39, 0.29) is 5.69 Å². The maximum Gasteiger partial charge on any atom is 0.195 e. The van der Waals surface area contributed by atoms with Crippen molar-refractivity contribution in [2.75, 3.05) is 10.2 Å². The summed E-state index contributed by atoms with van der Waals surface area (Å²) in [7, 11) is 0. The molecule has 6 heteroatoms. The van der Waals surface area contributed by atoms with Crippen LogP contribution in [0.15, 0.2) is 61.1 Å². The summed E-state index contributed by atoms with van der Waals surface area (Å²) < 4.78 is 41.0. The number of nitrogens with zero attached hydrogens (tertiary/aromatic N) is 2. The van der Waals surface area contributed by atoms with Crippen molar-refractivity contribution in [2.45, 2.75) is 6.30 Å². The van der Waals surface area contributed by atoms with Crippen molar-refractivity contribution < 1.29 is 13.2 Å². The highest BCUT2D eigenvalue weighted by atomic mass is 19.2. The third-order valence-corrected chi connectivity index (χ3v) is 3.19. The van der Waals surface area contributed by atoms with Gasteiger partial charge in [0.1, 0.15) is 0 Å². The molecule has 22 heavy (non-hydrogen) atoms. The number of hydrogen-bond donors (Lipinski definition) is 1. The molecular formula is C16H12F3N3. The number of benzene rings is 1. The number of hydrogen-bond acceptors (Lipinski definition) is 3. The quantitative estimate of drug-likeness (QED) is 0.857. The number of anilines is 3. The van der Waals surface area contributed by atoms with Gasteiger partial charge in [0.15, 0.2) is 17.9 Å². The van der Waals surface area contributed by atoms with E-state index in [1.807, 2.05) is 0 Å². The number of rotatable bonds is 3. The summed E-state index contributed by atoms with van der Waals surface area (Å²) >= 11 is 0. The van der Waals surface area contributed by atoms with E-state index in [1.54, 1.807) is 24.4 Å². The van der Waals surface area contributed by atoms with E-state index in [2.05, 4.69) is 10.3 Å². The molecule has 2 aromatic rings. The van der Waals surface area contributed by atoms with Crippen molar-refractivity contribution in [3.63, 3.8) is 0 Å². The molecule has 0 fully saturated rings. The van der Waals surface area contributed by atoms with Gasteiger partial charge in [-0.25, -0.2) is 13.2 Å². The number of alkyl halides is 1. The second-order valence-electron chi connectivity index (χ2n) is 4.63. The molecule has 2 heterocycles. The van der Waals surface area contributed by atoms with E-state index in [9.17, 15) is 13.2 Å². The van der Waals surface area contributed by atoms with E-state index in [1.165, 1.54) is 35.5 Å². The second kappa shape index (κ2) is 5.93. The molecule has 0 aliphatic carbocycles. The van der Waals surface area contributed by atoms with Gasteiger partial charge in [-0.2, -0.15) is 0 Å². The van der Waals surface area contributed by atoms with E-state index in [4.69, 9.17) is 0 Å². The molecule has 3 rings (SSSR count). The van der Waals surface area contributed by atoms with Crippen LogP contribution in [0, 0.1) is 11.6 Å². The highest BCUT2D eigenvalue weighted by Gasteiger charge is 2.19. The average molecular weight is 303 g/mol. The Morgan fingerprint density at radius 3 is 2.77 bits per heavy atom. The van der Waals surface area contributed by atoms with Crippen LogP contribution in [-0.2, 0) is 0 Å². The van der Waals surface area contributed by atoms with E-state index in [0.717, 1.165) is 6.07 Å². The average Bonchev–Trinajstić information content (AvgIpc) is 2.53. The van der Waals surface area contributed by atoms with Gasteiger partial charge in [0.25, 0.3) is 0 Å². The van der Waals surface area contributed by atoms with Crippen LogP contribution in [0.3, 0.4) is 0 Å². The molecular weight excluding hydrogens is 291 g/mol. The lowest BCUT2D eigenvalue weighted by molar-refractivity contribution is 0.402. The van der Waals surface area contributed by atoms with Crippen molar-refractivity contribution in [3.05, 3.63) is 72.7 Å². The summed E-state index contributed by atoms with van der Waals surface area (Å²) in [4.78, 5) is 5.30. The van der Waals surface area contributed by atoms with Gasteiger partial charge >= 0.3 is 0 Å². The Bertz CT molecular complexity index is 743. The van der Waals surface area contributed by atoms with Gasteiger partial charge in [0, 0.05) is 12.4 Å². The first-order valence-corrected chi connectivity index (χ1v) is 6.59. The molecule has 0 saturated heterocycles. The standard InChI is InChI=1S/C16H12F3N3/c17-11-4-3-5-13(16(11)19)21-12-7-8-20-10-14(12)22-9-2-1-6-15(22)18/h1-10,15H,(H,20,21). The van der Waals surface area contributed by atoms with Crippen molar-refractivity contribution >= 4 is 17.1 Å². The fourth-order valence-electron chi connectivity index (χ4n) is 2.13. The lowest BCUT2D eigenvalue weighted by Gasteiger charge is -2.26. The van der Waals surface area contributed by atoms with Crippen LogP contribution >= 0.6 is 0 Å². The predicted octanol–water partition coefficient (Wildman–Crippen LogP) is 4.29. The van der Waals surface area contributed by atoms with Crippen LogP contribution in [0.4, 0.5) is 30.2 Å². The Morgan fingerprint density at radius 1 is 1.09 bits per heavy atom. The zero-order valence-corrected chi connectivity index (χ0v) is 11.4. The molecule has 112 valence electrons. The number of halogens is 3. The van der Waals surface area contributed by atoms with Gasteiger partial charge in [0.05, 0.1) is 23.3 Å². The molecule has 1 aromatic heterocycles. The molecule has 3 nitrogen and oxygen atoms in total. The fourth-order valence-corrected chi connectivity index (χ4v) is 2.13. The minimum absolute atomic E-state index is 0.0283. The summed E-state index contributed by atoms with van der Waals surface area (Å²) in [6.07, 6.45) is 7.78. The van der Waals surface area contributed by atoms with Crippen molar-refractivity contribution in [2.24, 2.45) is 0 Å². The Morgan fingerprint density at radius 2 is 1.95 bits per heavy atom. The van der Waals surface area contributed by atoms with Gasteiger partial charge in [-0.1, -0.05) is 12.1 Å². The first kappa shape index (κ1) is 14.2. The molecule has 0 bridgehead atoms. The fraction of sp³-hybridized carbons (Fsp3) is 0.0625. The van der Waals surface area contributed by atoms with Gasteiger partial charge in [-0.15, -0.1) is 0 Å². The first-order chi connectivity index (χ1) is 10.7. The van der Waals surface area contributed by atoms with E-state index in [0.29, 0.717) is 11.4 Å². The third-order valence-electron chi connectivity index (χ3n) is 3.19. The molecule has 1 N–H and O–H groups in total. The van der Waals surface area contributed by atoms with Crippen molar-refractivity contribution in [1.29, 1.82) is 0 Å². The summed E-state index contributed by atoms with van der Waals surface area (Å²) in [6, 6.07) is 5.40. The van der Waals surface area contributed by atoms with Gasteiger partial charge in [-0.3, -0.25) is 4.98 Å². The normalized spacial score (nSPS) is 16.9. The zero-order chi connectivity index (χ0) is 15.5. The second-order valence-corrected chi connectivity index (χ2v) is 4.63. The molecule has 1 aliphatic rings. The molecule has 0 amide bonds. The van der Waals surface area contributed by atoms with Crippen molar-refractivity contribution in [3.8, 4) is 0 Å². The molecule has 1 aliphatic heterocycles. The Balaban J connectivity index is 1.97. The highest BCUT2D eigenvalue weighted by molar-refractivity contribution is 5.76. The van der Waals surface area contributed by atoms with Crippen LogP contribution in [0.25, 0.3) is 0 Å².